The zero-order valence-electron chi connectivity index (χ0n) is 34.3. The van der Waals surface area contributed by atoms with E-state index >= 15 is 0 Å². The molecular weight excluding hydrogens is 871 g/mol. The van der Waals surface area contributed by atoms with Crippen LogP contribution in [0.4, 0.5) is 37.7 Å². The number of nitrogens with zero attached hydrogens (tertiary/aromatic N) is 6. The zero-order chi connectivity index (χ0) is 46.7. The van der Waals surface area contributed by atoms with Crippen LogP contribution >= 0.6 is 0 Å². The summed E-state index contributed by atoms with van der Waals surface area (Å²) < 4.78 is 107. The molecule has 5 heterocycles. The van der Waals surface area contributed by atoms with Gasteiger partial charge >= 0.3 is 0 Å². The molecule has 2 atom stereocenters. The molecule has 340 valence electrons. The van der Waals surface area contributed by atoms with Gasteiger partial charge in [-0.1, -0.05) is 12.1 Å². The lowest BCUT2D eigenvalue weighted by molar-refractivity contribution is -0.139. The molecule has 0 radical (unpaired) electrons. The van der Waals surface area contributed by atoms with Crippen molar-refractivity contribution in [3.05, 3.63) is 132 Å². The number of halogens is 6. The van der Waals surface area contributed by atoms with Crippen molar-refractivity contribution in [3.8, 4) is 34.3 Å². The quantitative estimate of drug-likeness (QED) is 0.0815. The molecule has 2 unspecified atom stereocenters. The van der Waals surface area contributed by atoms with Crippen LogP contribution in [-0.4, -0.2) is 96.4 Å². The van der Waals surface area contributed by atoms with Gasteiger partial charge < -0.3 is 39.8 Å². The number of carbonyl (C=O) groups is 2. The molecule has 1 aliphatic heterocycles. The van der Waals surface area contributed by atoms with Gasteiger partial charge in [-0.25, -0.2) is 46.3 Å². The number of hydrogen-bond acceptors (Lipinski definition) is 14. The first-order valence-corrected chi connectivity index (χ1v) is 19.4. The molecular formula is C43H38F6N8O8. The van der Waals surface area contributed by atoms with Gasteiger partial charge in [0.05, 0.1) is 62.2 Å². The highest BCUT2D eigenvalue weighted by Crippen LogP contribution is 2.30. The van der Waals surface area contributed by atoms with E-state index in [0.29, 0.717) is 13.0 Å². The monoisotopic (exact) mass is 908 g/mol. The number of pyridine rings is 2. The summed E-state index contributed by atoms with van der Waals surface area (Å²) in [6.07, 6.45) is 4.50. The molecule has 1 aliphatic rings. The van der Waals surface area contributed by atoms with Crippen molar-refractivity contribution in [1.82, 2.24) is 29.9 Å². The number of aliphatic hydroxyl groups is 2. The summed E-state index contributed by atoms with van der Waals surface area (Å²) in [6.45, 7) is 3.87. The first kappa shape index (κ1) is 47.3. The molecule has 0 spiro atoms. The summed E-state index contributed by atoms with van der Waals surface area (Å²) >= 11 is 0. The predicted octanol–water partition coefficient (Wildman–Crippen LogP) is 6.46. The lowest BCUT2D eigenvalue weighted by atomic mass is 10.1. The standard InChI is InChI=1S/C23H21F3N4O4.C20H17F3N4O4/c1-23(2)33-11-13(34-23)8-9-32-22-18(10-27-12-28-22)30-21(31)17-7-6-16(26)20(29-17)19-14(24)4-3-5-15(19)25;21-12-2-1-3-13(22)17(12)18-14(23)4-5-15(26-18)19(30)27-16-8-24-10-25-20(16)31-7-6-11(29)9-28/h3-7,10,12-13H,8-9,11H2,1-2H3,(H,30,31);1-5,8,10-11,28-29H,6-7,9H2,(H,27,30). The number of benzene rings is 2. The number of aromatic nitrogens is 6. The van der Waals surface area contributed by atoms with Crippen molar-refractivity contribution in [3.63, 3.8) is 0 Å². The lowest BCUT2D eigenvalue weighted by Gasteiger charge is -2.17. The van der Waals surface area contributed by atoms with E-state index < -0.39 is 87.7 Å². The van der Waals surface area contributed by atoms with Crippen LogP contribution in [0.3, 0.4) is 0 Å². The third-order valence-electron chi connectivity index (χ3n) is 9.05. The fourth-order valence-electron chi connectivity index (χ4n) is 5.92. The molecule has 6 aromatic rings. The van der Waals surface area contributed by atoms with Crippen molar-refractivity contribution < 1.29 is 65.1 Å². The number of anilines is 2. The van der Waals surface area contributed by atoms with Gasteiger partial charge in [-0.15, -0.1) is 0 Å². The maximum absolute atomic E-state index is 14.3. The average Bonchev–Trinajstić information content (AvgIpc) is 3.63. The molecule has 2 amide bonds. The molecule has 7 rings (SSSR count). The summed E-state index contributed by atoms with van der Waals surface area (Å²) in [6, 6.07) is 10.0. The van der Waals surface area contributed by atoms with E-state index in [0.717, 1.165) is 60.7 Å². The second-order valence-electron chi connectivity index (χ2n) is 14.2. The van der Waals surface area contributed by atoms with Gasteiger partial charge in [0, 0.05) is 12.8 Å². The van der Waals surface area contributed by atoms with E-state index in [1.54, 1.807) is 0 Å². The van der Waals surface area contributed by atoms with E-state index in [-0.39, 0.29) is 60.3 Å². The smallest absolute Gasteiger partial charge is 0.274 e. The molecule has 0 bridgehead atoms. The molecule has 16 nitrogen and oxygen atoms in total. The number of nitrogens with one attached hydrogen (secondary N) is 2. The Hall–Kier alpha value is -7.14. The molecule has 4 aromatic heterocycles. The predicted molar refractivity (Wildman–Crippen MR) is 217 cm³/mol. The van der Waals surface area contributed by atoms with Gasteiger partial charge in [0.2, 0.25) is 11.8 Å². The number of ether oxygens (including phenoxy) is 4. The zero-order valence-corrected chi connectivity index (χ0v) is 34.3. The molecule has 2 aromatic carbocycles. The summed E-state index contributed by atoms with van der Waals surface area (Å²) in [5, 5.41) is 23.1. The number of aliphatic hydroxyl groups excluding tert-OH is 2. The Bertz CT molecular complexity index is 2610. The van der Waals surface area contributed by atoms with Gasteiger partial charge in [-0.05, 0) is 62.4 Å². The topological polar surface area (TPSA) is 213 Å². The maximum Gasteiger partial charge on any atom is 0.274 e. The van der Waals surface area contributed by atoms with Crippen LogP contribution in [0.1, 0.15) is 47.7 Å². The highest BCUT2D eigenvalue weighted by molar-refractivity contribution is 6.04. The van der Waals surface area contributed by atoms with Gasteiger partial charge in [-0.2, -0.15) is 9.97 Å². The van der Waals surface area contributed by atoms with Crippen LogP contribution in [-0.2, 0) is 9.47 Å². The van der Waals surface area contributed by atoms with E-state index in [1.807, 2.05) is 13.8 Å². The van der Waals surface area contributed by atoms with Crippen molar-refractivity contribution in [2.24, 2.45) is 0 Å². The van der Waals surface area contributed by atoms with E-state index in [1.165, 1.54) is 25.0 Å². The van der Waals surface area contributed by atoms with Crippen LogP contribution in [0.25, 0.3) is 22.5 Å². The molecule has 65 heavy (non-hydrogen) atoms. The van der Waals surface area contributed by atoms with Gasteiger partial charge in [0.15, 0.2) is 5.79 Å². The Labute approximate surface area is 365 Å². The third kappa shape index (κ3) is 12.3. The second kappa shape index (κ2) is 21.5. The largest absolute Gasteiger partial charge is 0.476 e. The van der Waals surface area contributed by atoms with E-state index in [9.17, 15) is 41.0 Å². The number of carbonyl (C=O) groups excluding carboxylic acids is 2. The molecule has 4 N–H and O–H groups in total. The Morgan fingerprint density at radius 2 is 1.18 bits per heavy atom. The Kier molecular flexibility index (Phi) is 15.7. The van der Waals surface area contributed by atoms with Gasteiger partial charge in [-0.3, -0.25) is 9.59 Å². The first-order valence-electron chi connectivity index (χ1n) is 19.4. The summed E-state index contributed by atoms with van der Waals surface area (Å²) in [5.41, 5.74) is -3.02. The van der Waals surface area contributed by atoms with Crippen molar-refractivity contribution >= 4 is 23.2 Å². The van der Waals surface area contributed by atoms with Crippen molar-refractivity contribution in [2.45, 2.75) is 44.7 Å². The summed E-state index contributed by atoms with van der Waals surface area (Å²) in [5.74, 6) is -8.20. The second-order valence-corrected chi connectivity index (χ2v) is 14.2. The first-order chi connectivity index (χ1) is 31.1. The fraction of sp³-hybridized carbons (Fsp3) is 0.256. The van der Waals surface area contributed by atoms with Gasteiger partial charge in [0.1, 0.15) is 81.7 Å². The van der Waals surface area contributed by atoms with Gasteiger partial charge in [0.25, 0.3) is 11.8 Å². The highest BCUT2D eigenvalue weighted by Gasteiger charge is 2.32. The average molecular weight is 909 g/mol. The SMILES string of the molecule is CC1(C)OCC(CCOc2ncncc2NC(=O)c2ccc(F)c(-c3c(F)cccc3F)n2)O1.O=C(Nc1cncnc1OCCC(O)CO)c1ccc(F)c(-c2c(F)cccc2F)n1. The lowest BCUT2D eigenvalue weighted by Crippen LogP contribution is -2.22. The van der Waals surface area contributed by atoms with Crippen molar-refractivity contribution in [1.29, 1.82) is 0 Å². The van der Waals surface area contributed by atoms with Crippen molar-refractivity contribution in [2.75, 3.05) is 37.1 Å². The van der Waals surface area contributed by atoms with Crippen LogP contribution in [0, 0.1) is 34.9 Å². The Morgan fingerprint density at radius 3 is 1.62 bits per heavy atom. The van der Waals surface area contributed by atoms with E-state index in [2.05, 4.69) is 40.5 Å². The maximum atomic E-state index is 14.3. The van der Waals surface area contributed by atoms with Crippen LogP contribution in [0.15, 0.2) is 85.7 Å². The number of rotatable bonds is 15. The van der Waals surface area contributed by atoms with Crippen LogP contribution < -0.4 is 20.1 Å². The summed E-state index contributed by atoms with van der Waals surface area (Å²) in [7, 11) is 0. The normalized spacial score (nSPS) is 14.5. The number of hydrogen-bond donors (Lipinski definition) is 4. The molecule has 1 fully saturated rings. The Balaban J connectivity index is 0.000000216. The fourth-order valence-corrected chi connectivity index (χ4v) is 5.92. The van der Waals surface area contributed by atoms with E-state index in [4.69, 9.17) is 24.1 Å². The van der Waals surface area contributed by atoms with Crippen LogP contribution in [0.2, 0.25) is 0 Å². The third-order valence-corrected chi connectivity index (χ3v) is 9.05. The van der Waals surface area contributed by atoms with Crippen LogP contribution in [0.5, 0.6) is 11.8 Å². The Morgan fingerprint density at radius 1 is 0.723 bits per heavy atom. The minimum atomic E-state index is -1.03. The molecule has 22 heteroatoms. The minimum absolute atomic E-state index is 0.00683. The molecule has 1 saturated heterocycles. The summed E-state index contributed by atoms with van der Waals surface area (Å²) in [4.78, 5) is 48.5. The molecule has 0 aliphatic carbocycles. The minimum Gasteiger partial charge on any atom is -0.476 e. The highest BCUT2D eigenvalue weighted by atomic mass is 19.2. The molecule has 0 saturated carbocycles. The number of amides is 2.